The molecule has 0 N–H and O–H groups in total. The molecule has 72 heavy (non-hydrogen) atoms. The van der Waals surface area contributed by atoms with E-state index in [1.165, 1.54) is 89.8 Å². The van der Waals surface area contributed by atoms with E-state index in [4.69, 9.17) is 18.3 Å². The Hall–Kier alpha value is -6.74. The number of aryl methyl sites for hydroxylation is 2. The summed E-state index contributed by atoms with van der Waals surface area (Å²) in [7, 11) is 0. The van der Waals surface area contributed by atoms with Crippen LogP contribution >= 0.6 is 0 Å². The largest absolute Gasteiger partial charge is 0.486 e. The number of rotatable bonds is 7. The molecule has 4 atom stereocenters. The number of nitrogens with zero attached hydrogens (tertiary/aromatic N) is 3. The van der Waals surface area contributed by atoms with Crippen LogP contribution in [-0.4, -0.2) is 67.9 Å². The van der Waals surface area contributed by atoms with Gasteiger partial charge in [0.25, 0.3) is 0 Å². The molecule has 4 aromatic rings. The fraction of sp³-hybridized carbons (Fsp3) is 0.397. The standard InChI is InChI=1S/C35H36N2O3.C28H29NO3/c38-33-23(17-27-19-25-15-21-5-1-11-36-13-3-7-29(31(21)36)34(25)39-27)9-10-24(33)18-28-20-26-16-22-6-2-12-37-14-4-8-30(32(22)37)35(26)40-28;1-4-29(5-2)23-11-10-20-14-25(32-27(20)17-23)16-22-9-8-21(28(22)30)15-24-13-19-7-6-18(3)12-26(19)31-24/h15-20,25,34H,1-14H2;6-7,10-17,19,26H,4-5,8-9H2,1-3H3. The van der Waals surface area contributed by atoms with Crippen LogP contribution < -0.4 is 9.80 Å². The van der Waals surface area contributed by atoms with Crippen molar-refractivity contribution in [3.63, 3.8) is 0 Å². The highest BCUT2D eigenvalue weighted by Crippen LogP contribution is 2.47. The minimum Gasteiger partial charge on any atom is -0.486 e. The number of ketones is 2. The first-order chi connectivity index (χ1) is 35.2. The summed E-state index contributed by atoms with van der Waals surface area (Å²) in [6.07, 6.45) is 33.6. The summed E-state index contributed by atoms with van der Waals surface area (Å²) in [6, 6.07) is 12.8. The summed E-state index contributed by atoms with van der Waals surface area (Å²) in [5, 5.41) is 2.24. The van der Waals surface area contributed by atoms with Gasteiger partial charge in [-0.3, -0.25) is 9.59 Å². The van der Waals surface area contributed by atoms with E-state index in [1.54, 1.807) is 0 Å². The zero-order valence-electron chi connectivity index (χ0n) is 42.1. The monoisotopic (exact) mass is 959 g/mol. The minimum atomic E-state index is 0.0511. The number of hydrogen-bond acceptors (Lipinski definition) is 9. The van der Waals surface area contributed by atoms with Gasteiger partial charge in [-0.1, -0.05) is 23.8 Å². The maximum Gasteiger partial charge on any atom is 0.185 e. The Bertz CT molecular complexity index is 3270. The molecule has 14 rings (SSSR count). The molecule has 9 heteroatoms. The molecule has 0 bridgehead atoms. The van der Waals surface area contributed by atoms with E-state index in [0.29, 0.717) is 5.92 Å². The summed E-state index contributed by atoms with van der Waals surface area (Å²) in [5.74, 6) is 4.00. The van der Waals surface area contributed by atoms with Crippen LogP contribution in [0.3, 0.4) is 0 Å². The lowest BCUT2D eigenvalue weighted by Crippen LogP contribution is -2.39. The Kier molecular flexibility index (Phi) is 11.5. The van der Waals surface area contributed by atoms with E-state index in [2.05, 4.69) is 102 Å². The van der Waals surface area contributed by atoms with Crippen LogP contribution in [0.1, 0.15) is 108 Å². The number of benzene rings is 2. The summed E-state index contributed by atoms with van der Waals surface area (Å²) >= 11 is 0. The lowest BCUT2D eigenvalue weighted by atomic mass is 9.79. The van der Waals surface area contributed by atoms with Crippen molar-refractivity contribution in [1.82, 2.24) is 4.90 Å². The third-order valence-electron chi connectivity index (χ3n) is 16.8. The molecule has 10 aliphatic rings. The van der Waals surface area contributed by atoms with Crippen molar-refractivity contribution in [2.24, 2.45) is 11.8 Å². The number of ether oxygens (including phenoxy) is 2. The topological polar surface area (TPSA) is 88.6 Å². The van der Waals surface area contributed by atoms with Crippen LogP contribution in [0.5, 0.6) is 0 Å². The van der Waals surface area contributed by atoms with Crippen LogP contribution in [0.4, 0.5) is 11.4 Å². The van der Waals surface area contributed by atoms with E-state index in [-0.39, 0.29) is 29.7 Å². The number of furan rings is 2. The van der Waals surface area contributed by atoms with Crippen molar-refractivity contribution < 1.29 is 27.9 Å². The van der Waals surface area contributed by atoms with Gasteiger partial charge in [0.15, 0.2) is 11.6 Å². The van der Waals surface area contributed by atoms with Gasteiger partial charge in [-0.25, -0.2) is 0 Å². The summed E-state index contributed by atoms with van der Waals surface area (Å²) in [5.41, 5.74) is 16.3. The number of piperidine rings is 1. The van der Waals surface area contributed by atoms with Crippen LogP contribution in [0, 0.1) is 11.8 Å². The van der Waals surface area contributed by atoms with E-state index in [9.17, 15) is 9.59 Å². The quantitative estimate of drug-likeness (QED) is 0.168. The summed E-state index contributed by atoms with van der Waals surface area (Å²) < 4.78 is 25.1. The maximum atomic E-state index is 13.5. The zero-order chi connectivity index (χ0) is 48.6. The molecule has 2 aromatic heterocycles. The third-order valence-corrected chi connectivity index (χ3v) is 16.8. The first-order valence-electron chi connectivity index (χ1n) is 27.1. The van der Waals surface area contributed by atoms with Crippen molar-refractivity contribution in [1.29, 1.82) is 0 Å². The van der Waals surface area contributed by atoms with E-state index in [1.807, 2.05) is 30.4 Å². The molecule has 2 saturated carbocycles. The fourth-order valence-corrected chi connectivity index (χ4v) is 13.4. The summed E-state index contributed by atoms with van der Waals surface area (Å²) in [6.45, 7) is 12.9. The molecule has 0 radical (unpaired) electrons. The Morgan fingerprint density at radius 1 is 0.639 bits per heavy atom. The highest BCUT2D eigenvalue weighted by atomic mass is 16.5. The van der Waals surface area contributed by atoms with Gasteiger partial charge in [-0.05, 0) is 187 Å². The Morgan fingerprint density at radius 2 is 1.29 bits per heavy atom. The second-order valence-corrected chi connectivity index (χ2v) is 21.4. The molecule has 4 aliphatic carbocycles. The highest BCUT2D eigenvalue weighted by Gasteiger charge is 2.41. The van der Waals surface area contributed by atoms with Crippen LogP contribution in [0.15, 0.2) is 150 Å². The molecule has 1 saturated heterocycles. The minimum absolute atomic E-state index is 0.0511. The normalized spacial score (nSPS) is 27.2. The van der Waals surface area contributed by atoms with Crippen molar-refractivity contribution in [3.05, 3.63) is 164 Å². The average molecular weight is 960 g/mol. The lowest BCUT2D eigenvalue weighted by Gasteiger charge is -2.43. The highest BCUT2D eigenvalue weighted by molar-refractivity contribution is 6.14. The van der Waals surface area contributed by atoms with Gasteiger partial charge in [0, 0.05) is 113 Å². The van der Waals surface area contributed by atoms with Crippen LogP contribution in [-0.2, 0) is 31.9 Å². The number of fused-ring (bicyclic) bond motifs is 6. The summed E-state index contributed by atoms with van der Waals surface area (Å²) in [4.78, 5) is 33.9. The van der Waals surface area contributed by atoms with E-state index < -0.39 is 0 Å². The number of carbonyl (C=O) groups is 2. The molecular formula is C63H65N3O6. The number of hydrogen-bond donors (Lipinski definition) is 0. The smallest absolute Gasteiger partial charge is 0.185 e. The maximum absolute atomic E-state index is 13.5. The van der Waals surface area contributed by atoms with Crippen molar-refractivity contribution in [2.45, 2.75) is 110 Å². The number of carbonyl (C=O) groups excluding carboxylic acids is 2. The number of anilines is 2. The zero-order valence-corrected chi connectivity index (χ0v) is 42.1. The molecule has 3 fully saturated rings. The molecular weight excluding hydrogens is 895 g/mol. The van der Waals surface area contributed by atoms with Crippen molar-refractivity contribution in [3.8, 4) is 0 Å². The molecule has 9 nitrogen and oxygen atoms in total. The molecule has 368 valence electrons. The number of Topliss-reactive ketones (excluding diaryl/α,β-unsaturated/α-hetero) is 2. The Balaban J connectivity index is 0.000000144. The fourth-order valence-electron chi connectivity index (χ4n) is 13.4. The third kappa shape index (κ3) is 8.17. The van der Waals surface area contributed by atoms with Gasteiger partial charge in [-0.15, -0.1) is 0 Å². The van der Waals surface area contributed by atoms with Crippen LogP contribution in [0.2, 0.25) is 0 Å². The predicted octanol–water partition coefficient (Wildman–Crippen LogP) is 13.2. The molecule has 6 aliphatic heterocycles. The van der Waals surface area contributed by atoms with Gasteiger partial charge < -0.3 is 33.0 Å². The van der Waals surface area contributed by atoms with Gasteiger partial charge in [0.05, 0.1) is 0 Å². The van der Waals surface area contributed by atoms with E-state index in [0.717, 1.165) is 139 Å². The Morgan fingerprint density at radius 3 is 2.06 bits per heavy atom. The Labute approximate surface area is 422 Å². The van der Waals surface area contributed by atoms with Crippen LogP contribution in [0.25, 0.3) is 34.1 Å². The van der Waals surface area contributed by atoms with E-state index >= 15 is 0 Å². The first-order valence-corrected chi connectivity index (χ1v) is 27.1. The second-order valence-electron chi connectivity index (χ2n) is 21.4. The van der Waals surface area contributed by atoms with Crippen molar-refractivity contribution in [2.75, 3.05) is 49.1 Å². The molecule has 2 aromatic carbocycles. The molecule has 8 heterocycles. The molecule has 0 amide bonds. The number of allylic oxidation sites excluding steroid dienone is 9. The predicted molar refractivity (Wildman–Crippen MR) is 286 cm³/mol. The molecule has 4 unspecified atom stereocenters. The average Bonchev–Trinajstić information content (AvgIpc) is 4.27. The first kappa shape index (κ1) is 45.1. The van der Waals surface area contributed by atoms with Gasteiger partial charge in [-0.2, -0.15) is 0 Å². The van der Waals surface area contributed by atoms with Gasteiger partial charge in [0.1, 0.15) is 46.4 Å². The molecule has 0 spiro atoms. The lowest BCUT2D eigenvalue weighted by molar-refractivity contribution is -0.112. The SMILES string of the molecule is CCN(CC)c1ccc2cc(C=C3CCC(=CC4=CC5C=CC(C)=CC5O4)C3=O)oc2c1.O=C1C(=CC2=CC3C=C4CCCN5CCCC(=C45)C3O2)CCC1=Cc1cc2cc3c4c(c2o1)CCCN4CCC3. The van der Waals surface area contributed by atoms with Gasteiger partial charge in [0.2, 0.25) is 0 Å². The van der Waals surface area contributed by atoms with Crippen molar-refractivity contribution >= 4 is 57.0 Å². The second kappa shape index (κ2) is 18.4. The van der Waals surface area contributed by atoms with Gasteiger partial charge >= 0.3 is 0 Å².